The third-order valence-corrected chi connectivity index (χ3v) is 4.41. The summed E-state index contributed by atoms with van der Waals surface area (Å²) < 4.78 is 0. The summed E-state index contributed by atoms with van der Waals surface area (Å²) in [5.74, 6) is -0.570. The molecule has 126 valence electrons. The molecule has 0 spiro atoms. The molecule has 2 amide bonds. The molecule has 1 heterocycles. The van der Waals surface area contributed by atoms with Crippen LogP contribution in [0.5, 0.6) is 0 Å². The molecule has 0 bridgehead atoms. The van der Waals surface area contributed by atoms with E-state index in [4.69, 9.17) is 0 Å². The monoisotopic (exact) mass is 342 g/mol. The molecule has 4 nitrogen and oxygen atoms in total. The number of carbonyl (C=O) groups is 2. The second-order valence-corrected chi connectivity index (χ2v) is 6.66. The normalized spacial score (nSPS) is 12.5. The largest absolute Gasteiger partial charge is 0.348 e. The SMILES string of the molecule is CCC(C)NC(=O)/C(=C/c1cccs1)NC(=O)c1cccc(C)c1. The summed E-state index contributed by atoms with van der Waals surface area (Å²) >= 11 is 1.51. The highest BCUT2D eigenvalue weighted by atomic mass is 32.1. The number of carbonyl (C=O) groups excluding carboxylic acids is 2. The molecule has 24 heavy (non-hydrogen) atoms. The van der Waals surface area contributed by atoms with Gasteiger partial charge in [0.05, 0.1) is 0 Å². The van der Waals surface area contributed by atoms with E-state index in [1.165, 1.54) is 11.3 Å². The highest BCUT2D eigenvalue weighted by molar-refractivity contribution is 7.10. The van der Waals surface area contributed by atoms with E-state index in [9.17, 15) is 9.59 Å². The van der Waals surface area contributed by atoms with Crippen molar-refractivity contribution in [1.29, 1.82) is 0 Å². The Hall–Kier alpha value is -2.40. The smallest absolute Gasteiger partial charge is 0.268 e. The molecular weight excluding hydrogens is 320 g/mol. The maximum absolute atomic E-state index is 12.5. The second kappa shape index (κ2) is 8.45. The number of benzene rings is 1. The van der Waals surface area contributed by atoms with Gasteiger partial charge in [-0.1, -0.05) is 30.7 Å². The van der Waals surface area contributed by atoms with Crippen molar-refractivity contribution in [2.75, 3.05) is 0 Å². The molecular formula is C19H22N2O2S. The fourth-order valence-electron chi connectivity index (χ4n) is 2.06. The lowest BCUT2D eigenvalue weighted by atomic mass is 10.1. The number of rotatable bonds is 6. The number of hydrogen-bond donors (Lipinski definition) is 2. The molecule has 1 aromatic heterocycles. The van der Waals surface area contributed by atoms with Crippen molar-refractivity contribution in [1.82, 2.24) is 10.6 Å². The molecule has 1 unspecified atom stereocenters. The maximum atomic E-state index is 12.5. The zero-order valence-corrected chi connectivity index (χ0v) is 14.9. The Morgan fingerprint density at radius 3 is 2.67 bits per heavy atom. The summed E-state index contributed by atoms with van der Waals surface area (Å²) in [7, 11) is 0. The van der Waals surface area contributed by atoms with Crippen molar-refractivity contribution in [3.63, 3.8) is 0 Å². The summed E-state index contributed by atoms with van der Waals surface area (Å²) in [6.07, 6.45) is 2.53. The molecule has 0 aliphatic rings. The Kier molecular flexibility index (Phi) is 6.32. The van der Waals surface area contributed by atoms with E-state index in [0.29, 0.717) is 5.56 Å². The number of hydrogen-bond acceptors (Lipinski definition) is 3. The molecule has 0 fully saturated rings. The van der Waals surface area contributed by atoms with Crippen LogP contribution < -0.4 is 10.6 Å². The minimum atomic E-state index is -0.291. The number of aryl methyl sites for hydroxylation is 1. The molecule has 2 aromatic rings. The lowest BCUT2D eigenvalue weighted by Crippen LogP contribution is -2.38. The molecule has 1 aromatic carbocycles. The zero-order chi connectivity index (χ0) is 17.5. The van der Waals surface area contributed by atoms with Crippen LogP contribution in [0.2, 0.25) is 0 Å². The first-order valence-corrected chi connectivity index (χ1v) is 8.81. The summed E-state index contributed by atoms with van der Waals surface area (Å²) in [6.45, 7) is 5.86. The third-order valence-electron chi connectivity index (χ3n) is 3.59. The standard InChI is InChI=1S/C19H22N2O2S/c1-4-14(3)20-19(23)17(12-16-9-6-10-24-16)21-18(22)15-8-5-7-13(2)11-15/h5-12,14H,4H2,1-3H3,(H,20,23)(H,21,22)/b17-12-. The van der Waals surface area contributed by atoms with Crippen LogP contribution in [0.1, 0.15) is 41.1 Å². The molecule has 0 aliphatic heterocycles. The van der Waals surface area contributed by atoms with Gasteiger partial charge in [-0.05, 0) is 49.9 Å². The molecule has 1 atom stereocenters. The van der Waals surface area contributed by atoms with Gasteiger partial charge < -0.3 is 10.6 Å². The van der Waals surface area contributed by atoms with Crippen LogP contribution in [-0.4, -0.2) is 17.9 Å². The molecule has 2 rings (SSSR count). The lowest BCUT2D eigenvalue weighted by molar-refractivity contribution is -0.118. The van der Waals surface area contributed by atoms with E-state index in [-0.39, 0.29) is 23.6 Å². The summed E-state index contributed by atoms with van der Waals surface area (Å²) in [4.78, 5) is 25.9. The van der Waals surface area contributed by atoms with Crippen LogP contribution in [0.3, 0.4) is 0 Å². The maximum Gasteiger partial charge on any atom is 0.268 e. The van der Waals surface area contributed by atoms with Crippen molar-refractivity contribution in [3.8, 4) is 0 Å². The predicted octanol–water partition coefficient (Wildman–Crippen LogP) is 3.74. The van der Waals surface area contributed by atoms with Gasteiger partial charge in [0.25, 0.3) is 11.8 Å². The van der Waals surface area contributed by atoms with Crippen LogP contribution in [0.25, 0.3) is 6.08 Å². The summed E-state index contributed by atoms with van der Waals surface area (Å²) in [5.41, 5.74) is 1.78. The lowest BCUT2D eigenvalue weighted by Gasteiger charge is -2.14. The summed E-state index contributed by atoms with van der Waals surface area (Å²) in [5, 5.41) is 7.57. The van der Waals surface area contributed by atoms with Crippen molar-refractivity contribution >= 4 is 29.2 Å². The van der Waals surface area contributed by atoms with Crippen LogP contribution >= 0.6 is 11.3 Å². The average Bonchev–Trinajstić information content (AvgIpc) is 3.07. The van der Waals surface area contributed by atoms with Gasteiger partial charge in [0, 0.05) is 16.5 Å². The Bertz CT molecular complexity index is 736. The third kappa shape index (κ3) is 5.06. The van der Waals surface area contributed by atoms with Gasteiger partial charge in [0.1, 0.15) is 5.70 Å². The molecule has 2 N–H and O–H groups in total. The quantitative estimate of drug-likeness (QED) is 0.786. The Morgan fingerprint density at radius 1 is 1.25 bits per heavy atom. The van der Waals surface area contributed by atoms with Crippen LogP contribution in [0.4, 0.5) is 0 Å². The first-order valence-electron chi connectivity index (χ1n) is 7.93. The van der Waals surface area contributed by atoms with Crippen LogP contribution in [0, 0.1) is 6.92 Å². The van der Waals surface area contributed by atoms with E-state index < -0.39 is 0 Å². The minimum absolute atomic E-state index is 0.0418. The van der Waals surface area contributed by atoms with Crippen LogP contribution in [0.15, 0.2) is 47.5 Å². The number of thiophene rings is 1. The van der Waals surface area contributed by atoms with Gasteiger partial charge in [-0.2, -0.15) is 0 Å². The second-order valence-electron chi connectivity index (χ2n) is 5.68. The Morgan fingerprint density at radius 2 is 2.04 bits per heavy atom. The highest BCUT2D eigenvalue weighted by Crippen LogP contribution is 2.13. The first-order chi connectivity index (χ1) is 11.5. The van der Waals surface area contributed by atoms with Crippen molar-refractivity contribution in [2.45, 2.75) is 33.2 Å². The van der Waals surface area contributed by atoms with Crippen molar-refractivity contribution in [3.05, 3.63) is 63.5 Å². The Labute approximate surface area is 146 Å². The zero-order valence-electron chi connectivity index (χ0n) is 14.1. The summed E-state index contributed by atoms with van der Waals surface area (Å²) in [6, 6.07) is 11.1. The highest BCUT2D eigenvalue weighted by Gasteiger charge is 2.16. The van der Waals surface area contributed by atoms with Crippen molar-refractivity contribution < 1.29 is 9.59 Å². The average molecular weight is 342 g/mol. The first kappa shape index (κ1) is 17.9. The number of amides is 2. The number of nitrogens with one attached hydrogen (secondary N) is 2. The van der Waals surface area contributed by atoms with E-state index in [0.717, 1.165) is 16.9 Å². The van der Waals surface area contributed by atoms with Gasteiger partial charge in [-0.15, -0.1) is 11.3 Å². The van der Waals surface area contributed by atoms with Gasteiger partial charge in [0.2, 0.25) is 0 Å². The van der Waals surface area contributed by atoms with Gasteiger partial charge in [-0.25, -0.2) is 0 Å². The fourth-order valence-corrected chi connectivity index (χ4v) is 2.72. The Balaban J connectivity index is 2.22. The predicted molar refractivity (Wildman–Crippen MR) is 98.8 cm³/mol. The van der Waals surface area contributed by atoms with Crippen molar-refractivity contribution in [2.24, 2.45) is 0 Å². The van der Waals surface area contributed by atoms with Crippen LogP contribution in [-0.2, 0) is 4.79 Å². The van der Waals surface area contributed by atoms with E-state index in [1.54, 1.807) is 18.2 Å². The molecule has 0 saturated heterocycles. The minimum Gasteiger partial charge on any atom is -0.348 e. The molecule has 0 aliphatic carbocycles. The topological polar surface area (TPSA) is 58.2 Å². The van der Waals surface area contributed by atoms with Gasteiger partial charge >= 0.3 is 0 Å². The fraction of sp³-hybridized carbons (Fsp3) is 0.263. The van der Waals surface area contributed by atoms with E-state index in [1.807, 2.05) is 50.4 Å². The molecule has 5 heteroatoms. The van der Waals surface area contributed by atoms with Gasteiger partial charge in [0.15, 0.2) is 0 Å². The van der Waals surface area contributed by atoms with E-state index in [2.05, 4.69) is 10.6 Å². The van der Waals surface area contributed by atoms with E-state index >= 15 is 0 Å². The molecule has 0 saturated carbocycles. The molecule has 0 radical (unpaired) electrons. The van der Waals surface area contributed by atoms with Gasteiger partial charge in [-0.3, -0.25) is 9.59 Å².